The highest BCUT2D eigenvalue weighted by atomic mass is 32.2. The Morgan fingerprint density at radius 2 is 2.33 bits per heavy atom. The number of rotatable bonds is 2. The van der Waals surface area contributed by atoms with Crippen molar-refractivity contribution in [3.63, 3.8) is 0 Å². The molecule has 2 heteroatoms. The van der Waals surface area contributed by atoms with E-state index in [2.05, 4.69) is 0 Å². The highest BCUT2D eigenvalue weighted by Gasteiger charge is 1.91. The summed E-state index contributed by atoms with van der Waals surface area (Å²) in [7, 11) is 0. The zero-order chi connectivity index (χ0) is 4.99. The molecule has 0 amide bonds. The Bertz CT molecular complexity index is 26.7. The minimum atomic E-state index is 0.407. The Morgan fingerprint density at radius 1 is 1.83 bits per heavy atom. The van der Waals surface area contributed by atoms with Crippen molar-refractivity contribution >= 4 is 12.0 Å². The lowest BCUT2D eigenvalue weighted by Crippen LogP contribution is -1.88. The lowest BCUT2D eigenvalue weighted by molar-refractivity contribution is 0.648. The van der Waals surface area contributed by atoms with E-state index in [1.54, 1.807) is 0 Å². The maximum atomic E-state index is 8.25. The summed E-state index contributed by atoms with van der Waals surface area (Å²) in [5, 5.41) is 0.407. The SMILES string of the molecule is CCC(C)SO. The van der Waals surface area contributed by atoms with Gasteiger partial charge in [0.2, 0.25) is 0 Å². The van der Waals surface area contributed by atoms with E-state index in [0.29, 0.717) is 5.25 Å². The van der Waals surface area contributed by atoms with Gasteiger partial charge in [-0.05, 0) is 18.5 Å². The van der Waals surface area contributed by atoms with E-state index >= 15 is 0 Å². The van der Waals surface area contributed by atoms with Gasteiger partial charge in [-0.2, -0.15) is 0 Å². The van der Waals surface area contributed by atoms with Crippen molar-refractivity contribution in [2.24, 2.45) is 0 Å². The molecule has 0 aliphatic rings. The van der Waals surface area contributed by atoms with E-state index in [1.165, 1.54) is 0 Å². The smallest absolute Gasteiger partial charge is 0.0277 e. The largest absolute Gasteiger partial charge is 0.330 e. The first-order chi connectivity index (χ1) is 2.81. The summed E-state index contributed by atoms with van der Waals surface area (Å²) in [5.41, 5.74) is 0. The second-order valence-electron chi connectivity index (χ2n) is 1.32. The average Bonchev–Trinajstić information content (AvgIpc) is 1.65. The molecule has 0 fully saturated rings. The van der Waals surface area contributed by atoms with Crippen molar-refractivity contribution in [3.8, 4) is 0 Å². The normalized spacial score (nSPS) is 14.5. The molecule has 1 N–H and O–H groups in total. The maximum absolute atomic E-state index is 8.25. The van der Waals surface area contributed by atoms with Gasteiger partial charge in [-0.25, -0.2) is 0 Å². The molecule has 0 aromatic heterocycles. The van der Waals surface area contributed by atoms with Crippen LogP contribution in [0.3, 0.4) is 0 Å². The standard InChI is InChI=1S/C4H10OS/c1-3-4(2)6-5/h4-5H,3H2,1-2H3. The highest BCUT2D eigenvalue weighted by molar-refractivity contribution is 7.94. The molecule has 0 bridgehead atoms. The molecule has 1 atom stereocenters. The Labute approximate surface area is 43.0 Å². The third kappa shape index (κ3) is 2.54. The highest BCUT2D eigenvalue weighted by Crippen LogP contribution is 2.06. The van der Waals surface area contributed by atoms with Crippen molar-refractivity contribution in [2.45, 2.75) is 25.5 Å². The van der Waals surface area contributed by atoms with Gasteiger partial charge in [0.05, 0.1) is 0 Å². The maximum Gasteiger partial charge on any atom is 0.0277 e. The van der Waals surface area contributed by atoms with Gasteiger partial charge in [-0.15, -0.1) is 0 Å². The minimum absolute atomic E-state index is 0.407. The van der Waals surface area contributed by atoms with Crippen molar-refractivity contribution in [1.82, 2.24) is 0 Å². The molecule has 0 aliphatic carbocycles. The van der Waals surface area contributed by atoms with E-state index in [-0.39, 0.29) is 0 Å². The Morgan fingerprint density at radius 3 is 2.33 bits per heavy atom. The van der Waals surface area contributed by atoms with Crippen molar-refractivity contribution in [2.75, 3.05) is 0 Å². The van der Waals surface area contributed by atoms with Crippen molar-refractivity contribution in [3.05, 3.63) is 0 Å². The van der Waals surface area contributed by atoms with Crippen LogP contribution in [0.4, 0.5) is 0 Å². The molecule has 0 spiro atoms. The molecule has 0 aromatic rings. The Kier molecular flexibility index (Phi) is 3.68. The fourth-order valence-electron chi connectivity index (χ4n) is 0.0745. The monoisotopic (exact) mass is 106 g/mol. The van der Waals surface area contributed by atoms with Crippen LogP contribution in [-0.2, 0) is 0 Å². The number of hydrogen-bond acceptors (Lipinski definition) is 2. The van der Waals surface area contributed by atoms with Gasteiger partial charge in [0.25, 0.3) is 0 Å². The molecule has 0 aromatic carbocycles. The summed E-state index contributed by atoms with van der Waals surface area (Å²) >= 11 is 0.925. The second-order valence-corrected chi connectivity index (χ2v) is 2.34. The molecule has 6 heavy (non-hydrogen) atoms. The van der Waals surface area contributed by atoms with Gasteiger partial charge in [0, 0.05) is 5.25 Å². The fourth-order valence-corrected chi connectivity index (χ4v) is 0.224. The van der Waals surface area contributed by atoms with E-state index in [0.717, 1.165) is 18.5 Å². The van der Waals surface area contributed by atoms with Crippen LogP contribution in [0.2, 0.25) is 0 Å². The van der Waals surface area contributed by atoms with E-state index in [9.17, 15) is 0 Å². The predicted molar refractivity (Wildman–Crippen MR) is 30.0 cm³/mol. The summed E-state index contributed by atoms with van der Waals surface area (Å²) in [5.74, 6) is 0. The first kappa shape index (κ1) is 6.31. The summed E-state index contributed by atoms with van der Waals surface area (Å²) in [4.78, 5) is 0. The molecule has 0 saturated carbocycles. The lowest BCUT2D eigenvalue weighted by atomic mass is 10.4. The minimum Gasteiger partial charge on any atom is -0.330 e. The third-order valence-corrected chi connectivity index (χ3v) is 1.45. The number of hydrogen-bond donors (Lipinski definition) is 1. The van der Waals surface area contributed by atoms with E-state index in [4.69, 9.17) is 4.55 Å². The average molecular weight is 106 g/mol. The van der Waals surface area contributed by atoms with Crippen LogP contribution in [0.1, 0.15) is 20.3 Å². The van der Waals surface area contributed by atoms with Crippen LogP contribution in [-0.4, -0.2) is 9.80 Å². The first-order valence-corrected chi connectivity index (χ1v) is 2.95. The van der Waals surface area contributed by atoms with Crippen LogP contribution in [0.5, 0.6) is 0 Å². The van der Waals surface area contributed by atoms with Crippen molar-refractivity contribution in [1.29, 1.82) is 0 Å². The lowest BCUT2D eigenvalue weighted by Gasteiger charge is -1.96. The summed E-state index contributed by atoms with van der Waals surface area (Å²) < 4.78 is 8.25. The van der Waals surface area contributed by atoms with Crippen LogP contribution in [0.15, 0.2) is 0 Å². The summed E-state index contributed by atoms with van der Waals surface area (Å²) in [6, 6.07) is 0. The predicted octanol–water partition coefficient (Wildman–Crippen LogP) is 1.99. The summed E-state index contributed by atoms with van der Waals surface area (Å²) in [6.07, 6.45) is 1.04. The second kappa shape index (κ2) is 3.50. The Balaban J connectivity index is 2.75. The third-order valence-electron chi connectivity index (χ3n) is 0.755. The zero-order valence-electron chi connectivity index (χ0n) is 4.14. The molecule has 38 valence electrons. The molecular weight excluding hydrogens is 96.1 g/mol. The van der Waals surface area contributed by atoms with Crippen LogP contribution in [0, 0.1) is 0 Å². The summed E-state index contributed by atoms with van der Waals surface area (Å²) in [6.45, 7) is 4.04. The molecule has 0 radical (unpaired) electrons. The quantitative estimate of drug-likeness (QED) is 0.543. The van der Waals surface area contributed by atoms with Crippen molar-refractivity contribution < 1.29 is 4.55 Å². The zero-order valence-corrected chi connectivity index (χ0v) is 4.96. The van der Waals surface area contributed by atoms with Gasteiger partial charge in [0.1, 0.15) is 0 Å². The topological polar surface area (TPSA) is 20.2 Å². The van der Waals surface area contributed by atoms with Gasteiger partial charge in [-0.1, -0.05) is 13.8 Å². The first-order valence-electron chi connectivity index (χ1n) is 2.11. The van der Waals surface area contributed by atoms with E-state index < -0.39 is 0 Å². The van der Waals surface area contributed by atoms with Gasteiger partial charge in [0.15, 0.2) is 0 Å². The Hall–Kier alpha value is 0.310. The van der Waals surface area contributed by atoms with E-state index in [1.807, 2.05) is 13.8 Å². The van der Waals surface area contributed by atoms with Crippen LogP contribution >= 0.6 is 12.0 Å². The molecular formula is C4H10OS. The molecule has 0 aliphatic heterocycles. The molecule has 0 heterocycles. The van der Waals surface area contributed by atoms with Gasteiger partial charge >= 0.3 is 0 Å². The molecule has 0 rings (SSSR count). The fraction of sp³-hybridized carbons (Fsp3) is 1.00. The van der Waals surface area contributed by atoms with Crippen LogP contribution in [0.25, 0.3) is 0 Å². The molecule has 1 nitrogen and oxygen atoms in total. The van der Waals surface area contributed by atoms with Crippen LogP contribution < -0.4 is 0 Å². The molecule has 1 unspecified atom stereocenters. The molecule has 0 saturated heterocycles. The van der Waals surface area contributed by atoms with Gasteiger partial charge in [-0.3, -0.25) is 0 Å². The van der Waals surface area contributed by atoms with Gasteiger partial charge < -0.3 is 4.55 Å².